The lowest BCUT2D eigenvalue weighted by Gasteiger charge is -2.08. The summed E-state index contributed by atoms with van der Waals surface area (Å²) in [6, 6.07) is 14.0. The summed E-state index contributed by atoms with van der Waals surface area (Å²) in [5, 5.41) is 5.70. The molecule has 0 aliphatic rings. The van der Waals surface area contributed by atoms with Crippen LogP contribution >= 0.6 is 11.3 Å². The van der Waals surface area contributed by atoms with Crippen LogP contribution in [0.25, 0.3) is 10.2 Å². The molecule has 8 heteroatoms. The van der Waals surface area contributed by atoms with E-state index >= 15 is 0 Å². The van der Waals surface area contributed by atoms with Crippen molar-refractivity contribution < 1.29 is 17.5 Å². The number of anilines is 1. The van der Waals surface area contributed by atoms with E-state index in [2.05, 4.69) is 47.1 Å². The topological polar surface area (TPSA) is 85.5 Å². The zero-order valence-corrected chi connectivity index (χ0v) is 16.8. The quantitative estimate of drug-likeness (QED) is 0.282. The SMILES string of the molecule is CCC(CC[n+]1c(C)sc2ccccc21)=NNc1ccc(S(=O)(=O)[O-])cc1. The fourth-order valence-electron chi connectivity index (χ4n) is 2.82. The Morgan fingerprint density at radius 1 is 1.19 bits per heavy atom. The van der Waals surface area contributed by atoms with Gasteiger partial charge in [-0.1, -0.05) is 30.4 Å². The summed E-state index contributed by atoms with van der Waals surface area (Å²) < 4.78 is 36.5. The summed E-state index contributed by atoms with van der Waals surface area (Å²) >= 11 is 1.78. The van der Waals surface area contributed by atoms with Crippen molar-refractivity contribution >= 4 is 43.1 Å². The molecule has 0 atom stereocenters. The van der Waals surface area contributed by atoms with Crippen LogP contribution in [0.1, 0.15) is 24.8 Å². The van der Waals surface area contributed by atoms with Gasteiger partial charge in [0.05, 0.1) is 10.6 Å². The molecule has 0 amide bonds. The van der Waals surface area contributed by atoms with Crippen LogP contribution < -0.4 is 9.99 Å². The van der Waals surface area contributed by atoms with E-state index in [4.69, 9.17) is 0 Å². The van der Waals surface area contributed by atoms with Gasteiger partial charge >= 0.3 is 0 Å². The Morgan fingerprint density at radius 3 is 2.56 bits per heavy atom. The number of hydrogen-bond acceptors (Lipinski definition) is 6. The lowest BCUT2D eigenvalue weighted by atomic mass is 10.2. The second-order valence-corrected chi connectivity index (χ2v) is 8.73. The van der Waals surface area contributed by atoms with E-state index in [1.807, 2.05) is 6.07 Å². The minimum Gasteiger partial charge on any atom is -0.744 e. The third kappa shape index (κ3) is 4.71. The average molecular weight is 404 g/mol. The van der Waals surface area contributed by atoms with E-state index < -0.39 is 10.1 Å². The third-order valence-corrected chi connectivity index (χ3v) is 6.24. The molecule has 2 aromatic carbocycles. The smallest absolute Gasteiger partial charge is 0.235 e. The number of hydrogen-bond donors (Lipinski definition) is 1. The molecule has 0 bridgehead atoms. The van der Waals surface area contributed by atoms with E-state index in [0.717, 1.165) is 25.1 Å². The van der Waals surface area contributed by atoms with Crippen LogP contribution in [0.5, 0.6) is 0 Å². The summed E-state index contributed by atoms with van der Waals surface area (Å²) in [6.07, 6.45) is 1.62. The van der Waals surface area contributed by atoms with Crippen molar-refractivity contribution in [3.8, 4) is 0 Å². The van der Waals surface area contributed by atoms with Crippen molar-refractivity contribution in [2.24, 2.45) is 5.10 Å². The highest BCUT2D eigenvalue weighted by Gasteiger charge is 2.16. The molecule has 1 N–H and O–H groups in total. The van der Waals surface area contributed by atoms with Crippen molar-refractivity contribution in [3.05, 3.63) is 53.5 Å². The minimum absolute atomic E-state index is 0.246. The van der Waals surface area contributed by atoms with Gasteiger partial charge in [-0.3, -0.25) is 5.43 Å². The number of aryl methyl sites for hydroxylation is 2. The second kappa shape index (κ2) is 8.16. The molecular weight excluding hydrogens is 382 g/mol. The highest BCUT2D eigenvalue weighted by molar-refractivity contribution is 7.85. The Bertz CT molecular complexity index is 1070. The van der Waals surface area contributed by atoms with E-state index in [9.17, 15) is 13.0 Å². The first-order valence-corrected chi connectivity index (χ1v) is 10.9. The van der Waals surface area contributed by atoms with Gasteiger partial charge in [-0.05, 0) is 36.8 Å². The Balaban J connectivity index is 1.69. The fraction of sp³-hybridized carbons (Fsp3) is 0.263. The van der Waals surface area contributed by atoms with Gasteiger partial charge in [0.15, 0.2) is 6.54 Å². The molecule has 0 spiro atoms. The third-order valence-electron chi connectivity index (χ3n) is 4.31. The maximum atomic E-state index is 11.0. The highest BCUT2D eigenvalue weighted by atomic mass is 32.2. The second-order valence-electron chi connectivity index (χ2n) is 6.11. The molecule has 0 fully saturated rings. The van der Waals surface area contributed by atoms with E-state index in [1.54, 1.807) is 11.3 Å². The first-order valence-electron chi connectivity index (χ1n) is 8.64. The standard InChI is InChI=1S/C19H21N3O3S2/c1-3-15(20-21-16-8-10-17(11-9-16)27(23,24)25)12-13-22-14(2)26-19-7-5-4-6-18(19)22/h4-11,21H,3,12-13H2,1-2H3. The summed E-state index contributed by atoms with van der Waals surface area (Å²) in [4.78, 5) is -0.246. The van der Waals surface area contributed by atoms with Gasteiger partial charge in [0.25, 0.3) is 0 Å². The molecule has 0 unspecified atom stereocenters. The molecular formula is C19H21N3O3S2. The van der Waals surface area contributed by atoms with Gasteiger partial charge in [-0.25, -0.2) is 8.42 Å². The molecule has 1 aromatic heterocycles. The number of nitrogens with zero attached hydrogens (tertiary/aromatic N) is 2. The molecule has 27 heavy (non-hydrogen) atoms. The van der Waals surface area contributed by atoms with Crippen LogP contribution in [-0.2, 0) is 16.7 Å². The molecule has 3 aromatic rings. The molecule has 0 radical (unpaired) electrons. The molecule has 6 nitrogen and oxygen atoms in total. The first-order chi connectivity index (χ1) is 12.9. The van der Waals surface area contributed by atoms with Gasteiger partial charge in [-0.15, -0.1) is 0 Å². The van der Waals surface area contributed by atoms with Crippen LogP contribution in [0.15, 0.2) is 58.5 Å². The van der Waals surface area contributed by atoms with Gasteiger partial charge in [0, 0.05) is 25.1 Å². The molecule has 1 heterocycles. The predicted octanol–water partition coefficient (Wildman–Crippen LogP) is 3.67. The van der Waals surface area contributed by atoms with Gasteiger partial charge in [0.1, 0.15) is 14.8 Å². The number of para-hydroxylation sites is 1. The molecule has 142 valence electrons. The van der Waals surface area contributed by atoms with Crippen LogP contribution in [-0.4, -0.2) is 18.7 Å². The first kappa shape index (κ1) is 19.5. The number of thiazole rings is 1. The molecule has 0 saturated carbocycles. The normalized spacial score (nSPS) is 12.5. The zero-order valence-electron chi connectivity index (χ0n) is 15.2. The van der Waals surface area contributed by atoms with Gasteiger partial charge < -0.3 is 4.55 Å². The number of hydrazone groups is 1. The van der Waals surface area contributed by atoms with Crippen molar-refractivity contribution in [2.75, 3.05) is 5.43 Å². The number of benzene rings is 2. The maximum Gasteiger partial charge on any atom is 0.235 e. The largest absolute Gasteiger partial charge is 0.744 e. The van der Waals surface area contributed by atoms with Crippen molar-refractivity contribution in [2.45, 2.75) is 38.1 Å². The average Bonchev–Trinajstić information content (AvgIpc) is 2.97. The lowest BCUT2D eigenvalue weighted by Crippen LogP contribution is -2.36. The number of nitrogens with one attached hydrogen (secondary N) is 1. The summed E-state index contributed by atoms with van der Waals surface area (Å²) in [6.45, 7) is 5.02. The monoisotopic (exact) mass is 403 g/mol. The Labute approximate surface area is 162 Å². The fourth-order valence-corrected chi connectivity index (χ4v) is 4.34. The lowest BCUT2D eigenvalue weighted by molar-refractivity contribution is -0.671. The van der Waals surface area contributed by atoms with Gasteiger partial charge in [0.2, 0.25) is 10.5 Å². The summed E-state index contributed by atoms with van der Waals surface area (Å²) in [5.41, 5.74) is 5.82. The van der Waals surface area contributed by atoms with E-state index in [0.29, 0.717) is 5.69 Å². The van der Waals surface area contributed by atoms with E-state index in [1.165, 1.54) is 39.5 Å². The Morgan fingerprint density at radius 2 is 1.89 bits per heavy atom. The Hall–Kier alpha value is -2.29. The van der Waals surface area contributed by atoms with Crippen molar-refractivity contribution in [1.29, 1.82) is 0 Å². The zero-order chi connectivity index (χ0) is 19.4. The van der Waals surface area contributed by atoms with E-state index in [-0.39, 0.29) is 4.90 Å². The minimum atomic E-state index is -4.43. The van der Waals surface area contributed by atoms with Crippen molar-refractivity contribution in [1.82, 2.24) is 0 Å². The van der Waals surface area contributed by atoms with Crippen LogP contribution in [0.4, 0.5) is 5.69 Å². The predicted molar refractivity (Wildman–Crippen MR) is 107 cm³/mol. The van der Waals surface area contributed by atoms with Gasteiger partial charge in [-0.2, -0.15) is 9.67 Å². The summed E-state index contributed by atoms with van der Waals surface area (Å²) in [5.74, 6) is 0. The number of aromatic nitrogens is 1. The van der Waals surface area contributed by atoms with Crippen molar-refractivity contribution in [3.63, 3.8) is 0 Å². The summed E-state index contributed by atoms with van der Waals surface area (Å²) in [7, 11) is -4.43. The van der Waals surface area contributed by atoms with Crippen LogP contribution in [0, 0.1) is 6.92 Å². The molecule has 0 aliphatic heterocycles. The molecule has 0 aliphatic carbocycles. The molecule has 0 saturated heterocycles. The van der Waals surface area contributed by atoms with Crippen LogP contribution in [0.3, 0.4) is 0 Å². The number of fused-ring (bicyclic) bond motifs is 1. The van der Waals surface area contributed by atoms with Crippen LogP contribution in [0.2, 0.25) is 0 Å². The Kier molecular flexibility index (Phi) is 5.88. The maximum absolute atomic E-state index is 11.0. The molecule has 3 rings (SSSR count). The number of rotatable bonds is 7. The highest BCUT2D eigenvalue weighted by Crippen LogP contribution is 2.19.